The standard InChI is InChI=1S/C13H16F2N2O9S/c1-7(2)11(20)25-4-3-16-12(21)26-6-13(14,15)8-5-9(18)17(10(8)19)27(22,23)24/h8H,1,3-6H2,2H3,(H,16,21)(H,22,23,24). The number of amides is 3. The van der Waals surface area contributed by atoms with Crippen LogP contribution < -0.4 is 5.32 Å². The van der Waals surface area contributed by atoms with Crippen LogP contribution in [-0.4, -0.2) is 66.8 Å². The van der Waals surface area contributed by atoms with Crippen LogP contribution in [0.4, 0.5) is 13.6 Å². The van der Waals surface area contributed by atoms with E-state index >= 15 is 0 Å². The number of carbonyl (C=O) groups excluding carboxylic acids is 4. The second kappa shape index (κ2) is 8.39. The van der Waals surface area contributed by atoms with Crippen LogP contribution in [0.25, 0.3) is 0 Å². The molecule has 0 aromatic heterocycles. The molecule has 1 aliphatic rings. The van der Waals surface area contributed by atoms with E-state index in [0.717, 1.165) is 0 Å². The Hall–Kier alpha value is -2.61. The summed E-state index contributed by atoms with van der Waals surface area (Å²) in [5.41, 5.74) is 0.118. The van der Waals surface area contributed by atoms with Crippen molar-refractivity contribution >= 4 is 34.2 Å². The van der Waals surface area contributed by atoms with Gasteiger partial charge in [0.2, 0.25) is 5.91 Å². The maximum Gasteiger partial charge on any atom is 0.407 e. The molecule has 1 heterocycles. The van der Waals surface area contributed by atoms with Crippen LogP contribution in [0, 0.1) is 5.92 Å². The zero-order valence-corrected chi connectivity index (χ0v) is 14.8. The molecule has 3 amide bonds. The van der Waals surface area contributed by atoms with Crippen molar-refractivity contribution in [3.8, 4) is 0 Å². The number of alkyl carbamates (subject to hydrolysis) is 1. The normalized spacial score (nSPS) is 17.6. The molecule has 0 saturated carbocycles. The van der Waals surface area contributed by atoms with E-state index < -0.39 is 63.4 Å². The largest absolute Gasteiger partial charge is 0.460 e. The van der Waals surface area contributed by atoms with E-state index in [1.165, 1.54) is 6.92 Å². The summed E-state index contributed by atoms with van der Waals surface area (Å²) in [6, 6.07) is 0. The Labute approximate surface area is 152 Å². The zero-order valence-electron chi connectivity index (χ0n) is 13.9. The highest BCUT2D eigenvalue weighted by molar-refractivity contribution is 7.84. The summed E-state index contributed by atoms with van der Waals surface area (Å²) in [6.45, 7) is 2.53. The van der Waals surface area contributed by atoms with Crippen molar-refractivity contribution in [3.63, 3.8) is 0 Å². The quantitative estimate of drug-likeness (QED) is 0.178. The van der Waals surface area contributed by atoms with Crippen LogP contribution in [0.5, 0.6) is 0 Å². The van der Waals surface area contributed by atoms with Crippen molar-refractivity contribution in [3.05, 3.63) is 12.2 Å². The fourth-order valence-electron chi connectivity index (χ4n) is 1.92. The summed E-state index contributed by atoms with van der Waals surface area (Å²) in [4.78, 5) is 45.4. The highest BCUT2D eigenvalue weighted by Gasteiger charge is 2.56. The number of ether oxygens (including phenoxy) is 2. The molecule has 1 unspecified atom stereocenters. The van der Waals surface area contributed by atoms with E-state index in [-0.39, 0.29) is 18.7 Å². The first-order valence-electron chi connectivity index (χ1n) is 7.23. The van der Waals surface area contributed by atoms with Gasteiger partial charge >= 0.3 is 22.4 Å². The summed E-state index contributed by atoms with van der Waals surface area (Å²) in [6.07, 6.45) is -2.52. The van der Waals surface area contributed by atoms with Crippen LogP contribution in [0.15, 0.2) is 12.2 Å². The van der Waals surface area contributed by atoms with E-state index in [0.29, 0.717) is 0 Å². The second-order valence-electron chi connectivity index (χ2n) is 5.41. The number of hydrogen-bond donors (Lipinski definition) is 2. The second-order valence-corrected chi connectivity index (χ2v) is 6.67. The van der Waals surface area contributed by atoms with Crippen LogP contribution in [-0.2, 0) is 34.2 Å². The predicted molar refractivity (Wildman–Crippen MR) is 81.6 cm³/mol. The van der Waals surface area contributed by atoms with Crippen molar-refractivity contribution in [1.82, 2.24) is 9.62 Å². The number of nitrogens with zero attached hydrogens (tertiary/aromatic N) is 1. The Morgan fingerprint density at radius 1 is 1.37 bits per heavy atom. The molecule has 1 aliphatic heterocycles. The molecule has 152 valence electrons. The van der Waals surface area contributed by atoms with Crippen molar-refractivity contribution in [2.24, 2.45) is 5.92 Å². The third kappa shape index (κ3) is 5.96. The molecule has 0 aromatic rings. The zero-order chi connectivity index (χ0) is 21.0. The van der Waals surface area contributed by atoms with Crippen molar-refractivity contribution in [2.45, 2.75) is 19.3 Å². The lowest BCUT2D eigenvalue weighted by molar-refractivity contribution is -0.145. The lowest BCUT2D eigenvalue weighted by atomic mass is 10.0. The highest BCUT2D eigenvalue weighted by atomic mass is 32.2. The van der Waals surface area contributed by atoms with Gasteiger partial charge in [-0.3, -0.25) is 14.1 Å². The van der Waals surface area contributed by atoms with E-state index in [4.69, 9.17) is 4.55 Å². The molecule has 0 aromatic carbocycles. The monoisotopic (exact) mass is 414 g/mol. The molecule has 27 heavy (non-hydrogen) atoms. The van der Waals surface area contributed by atoms with Crippen LogP contribution in [0.2, 0.25) is 0 Å². The number of esters is 1. The van der Waals surface area contributed by atoms with Gasteiger partial charge < -0.3 is 14.8 Å². The molecule has 0 aliphatic carbocycles. The van der Waals surface area contributed by atoms with Crippen LogP contribution in [0.3, 0.4) is 0 Å². The first-order chi connectivity index (χ1) is 12.3. The minimum absolute atomic E-state index is 0.118. The maximum absolute atomic E-state index is 14.0. The fourth-order valence-corrected chi connectivity index (χ4v) is 2.60. The van der Waals surface area contributed by atoms with Crippen molar-refractivity contribution in [2.75, 3.05) is 19.8 Å². The number of nitrogens with one attached hydrogen (secondary N) is 1. The first kappa shape index (κ1) is 22.4. The van der Waals surface area contributed by atoms with Gasteiger partial charge in [0.15, 0.2) is 6.61 Å². The summed E-state index contributed by atoms with van der Waals surface area (Å²) in [5, 5.41) is 1.99. The van der Waals surface area contributed by atoms with Gasteiger partial charge in [-0.2, -0.15) is 12.7 Å². The van der Waals surface area contributed by atoms with E-state index in [1.807, 2.05) is 5.32 Å². The van der Waals surface area contributed by atoms with Gasteiger partial charge in [-0.15, -0.1) is 0 Å². The Balaban J connectivity index is 2.52. The maximum atomic E-state index is 14.0. The molecule has 1 saturated heterocycles. The molecule has 2 N–H and O–H groups in total. The molecular formula is C13H16F2N2O9S. The third-order valence-electron chi connectivity index (χ3n) is 3.19. The Kier molecular flexibility index (Phi) is 6.97. The Morgan fingerprint density at radius 3 is 2.44 bits per heavy atom. The smallest absolute Gasteiger partial charge is 0.407 e. The molecule has 1 atom stereocenters. The van der Waals surface area contributed by atoms with E-state index in [2.05, 4.69) is 16.1 Å². The van der Waals surface area contributed by atoms with Gasteiger partial charge in [0, 0.05) is 12.0 Å². The highest BCUT2D eigenvalue weighted by Crippen LogP contribution is 2.35. The lowest BCUT2D eigenvalue weighted by Gasteiger charge is -2.21. The van der Waals surface area contributed by atoms with Gasteiger partial charge in [0.25, 0.3) is 11.8 Å². The summed E-state index contributed by atoms with van der Waals surface area (Å²) in [7, 11) is -5.32. The lowest BCUT2D eigenvalue weighted by Crippen LogP contribution is -2.43. The minimum atomic E-state index is -5.32. The minimum Gasteiger partial charge on any atom is -0.460 e. The Morgan fingerprint density at radius 2 is 1.96 bits per heavy atom. The molecule has 11 nitrogen and oxygen atoms in total. The SMILES string of the molecule is C=C(C)C(=O)OCCNC(=O)OCC(F)(F)C1CC(=O)N(S(=O)(=O)O)C1=O. The van der Waals surface area contributed by atoms with Gasteiger partial charge in [-0.25, -0.2) is 18.4 Å². The fraction of sp³-hybridized carbons (Fsp3) is 0.538. The number of rotatable bonds is 8. The third-order valence-corrected chi connectivity index (χ3v) is 4.04. The predicted octanol–water partition coefficient (Wildman–Crippen LogP) is -0.355. The number of imide groups is 1. The van der Waals surface area contributed by atoms with Crippen LogP contribution in [0.1, 0.15) is 13.3 Å². The Bertz CT molecular complexity index is 766. The molecule has 1 fully saturated rings. The van der Waals surface area contributed by atoms with Gasteiger partial charge in [0.05, 0.1) is 6.54 Å². The molecule has 14 heteroatoms. The van der Waals surface area contributed by atoms with E-state index in [1.54, 1.807) is 0 Å². The van der Waals surface area contributed by atoms with Crippen molar-refractivity contribution < 1.29 is 50.4 Å². The average molecular weight is 414 g/mol. The van der Waals surface area contributed by atoms with E-state index in [9.17, 15) is 36.4 Å². The average Bonchev–Trinajstić information content (AvgIpc) is 2.84. The number of hydrogen-bond acceptors (Lipinski definition) is 8. The van der Waals surface area contributed by atoms with Crippen LogP contribution >= 0.6 is 0 Å². The van der Waals surface area contributed by atoms with Gasteiger partial charge in [0.1, 0.15) is 12.5 Å². The number of halogens is 2. The molecule has 0 bridgehead atoms. The molecular weight excluding hydrogens is 398 g/mol. The number of alkyl halides is 2. The van der Waals surface area contributed by atoms with Gasteiger partial charge in [-0.05, 0) is 6.92 Å². The molecule has 0 radical (unpaired) electrons. The first-order valence-corrected chi connectivity index (χ1v) is 8.62. The van der Waals surface area contributed by atoms with Crippen molar-refractivity contribution in [1.29, 1.82) is 0 Å². The topological polar surface area (TPSA) is 156 Å². The molecule has 0 spiro atoms. The summed E-state index contributed by atoms with van der Waals surface area (Å²) < 4.78 is 66.7. The van der Waals surface area contributed by atoms with Gasteiger partial charge in [-0.1, -0.05) is 6.58 Å². The summed E-state index contributed by atoms with van der Waals surface area (Å²) in [5.74, 6) is -10.6. The summed E-state index contributed by atoms with van der Waals surface area (Å²) >= 11 is 0. The number of carbonyl (C=O) groups is 4. The molecule has 1 rings (SSSR count).